The average Bonchev–Trinajstić information content (AvgIpc) is 2.93. The van der Waals surface area contributed by atoms with Crippen LogP contribution in [0, 0.1) is 0 Å². The molecule has 0 radical (unpaired) electrons. The highest BCUT2D eigenvalue weighted by atomic mass is 16.5. The lowest BCUT2D eigenvalue weighted by molar-refractivity contribution is 0.408. The van der Waals surface area contributed by atoms with Crippen molar-refractivity contribution in [3.63, 3.8) is 0 Å². The molecule has 0 amide bonds. The number of rotatable bonds is 8. The number of benzene rings is 3. The molecule has 0 fully saturated rings. The number of hydrogen-bond donors (Lipinski definition) is 0. The summed E-state index contributed by atoms with van der Waals surface area (Å²) in [7, 11) is 0. The predicted octanol–water partition coefficient (Wildman–Crippen LogP) is 8.66. The van der Waals surface area contributed by atoms with Crippen molar-refractivity contribution in [2.24, 2.45) is 0 Å². The lowest BCUT2D eigenvalue weighted by Crippen LogP contribution is -2.32. The minimum absolute atomic E-state index is 0.128. The zero-order chi connectivity index (χ0) is 26.3. The summed E-state index contributed by atoms with van der Waals surface area (Å²) in [4.78, 5) is 7.33. The van der Waals surface area contributed by atoms with Gasteiger partial charge in [0.25, 0.3) is 0 Å². The first-order valence-electron chi connectivity index (χ1n) is 14.2. The fraction of sp³-hybridized carbons (Fsp3) is 0.438. The van der Waals surface area contributed by atoms with Crippen molar-refractivity contribution < 1.29 is 9.47 Å². The Kier molecular flexibility index (Phi) is 6.98. The molecule has 0 unspecified atom stereocenters. The Morgan fingerprint density at radius 3 is 1.51 bits per heavy atom. The van der Waals surface area contributed by atoms with Crippen LogP contribution in [0.1, 0.15) is 77.5 Å². The van der Waals surface area contributed by atoms with Gasteiger partial charge in [0.15, 0.2) is 0 Å². The highest BCUT2D eigenvalue weighted by molar-refractivity contribution is 5.89. The average molecular weight is 500 g/mol. The van der Waals surface area contributed by atoms with Gasteiger partial charge in [-0.2, -0.15) is 0 Å². The van der Waals surface area contributed by atoms with Crippen LogP contribution in [0.15, 0.2) is 42.5 Å². The maximum atomic E-state index is 6.61. The molecular formula is C32H41N3O2. The van der Waals surface area contributed by atoms with Gasteiger partial charge >= 0.3 is 0 Å². The van der Waals surface area contributed by atoms with E-state index in [0.717, 1.165) is 67.7 Å². The highest BCUT2D eigenvalue weighted by Crippen LogP contribution is 2.64. The Labute approximate surface area is 222 Å². The monoisotopic (exact) mass is 499 g/mol. The van der Waals surface area contributed by atoms with Gasteiger partial charge in [0.1, 0.15) is 23.0 Å². The van der Waals surface area contributed by atoms with Crippen molar-refractivity contribution >= 4 is 22.7 Å². The molecule has 0 aliphatic carbocycles. The SMILES string of the molecule is CC.CCCN1c2cc(N(CC)CC)cc3c2C2c4c(cccc4Oc4cc(N(CC)CC)cc1c42)O3. The second-order valence-corrected chi connectivity index (χ2v) is 9.55. The largest absolute Gasteiger partial charge is 0.456 e. The maximum Gasteiger partial charge on any atom is 0.135 e. The van der Waals surface area contributed by atoms with Crippen molar-refractivity contribution in [1.29, 1.82) is 0 Å². The van der Waals surface area contributed by atoms with Crippen LogP contribution in [0.2, 0.25) is 0 Å². The third-order valence-corrected chi connectivity index (χ3v) is 7.83. The van der Waals surface area contributed by atoms with Crippen LogP contribution in [0.4, 0.5) is 22.7 Å². The molecule has 0 spiro atoms. The first-order chi connectivity index (χ1) is 18.1. The smallest absolute Gasteiger partial charge is 0.135 e. The molecule has 0 bridgehead atoms. The molecule has 5 nitrogen and oxygen atoms in total. The molecule has 3 aliphatic heterocycles. The molecule has 3 aromatic carbocycles. The number of hydrogen-bond acceptors (Lipinski definition) is 5. The van der Waals surface area contributed by atoms with Crippen molar-refractivity contribution in [2.75, 3.05) is 47.4 Å². The van der Waals surface area contributed by atoms with E-state index in [4.69, 9.17) is 9.47 Å². The summed E-state index contributed by atoms with van der Waals surface area (Å²) in [5.41, 5.74) is 8.71. The fourth-order valence-corrected chi connectivity index (χ4v) is 6.18. The molecule has 6 rings (SSSR count). The van der Waals surface area contributed by atoms with Crippen LogP contribution in [-0.2, 0) is 0 Å². The number of nitrogens with zero attached hydrogens (tertiary/aromatic N) is 3. The summed E-state index contributed by atoms with van der Waals surface area (Å²) < 4.78 is 13.2. The Morgan fingerprint density at radius 2 is 1.11 bits per heavy atom. The standard InChI is InChI=1S/C30H35N3O2.C2H6/c1-6-14-33-21-15-19(31(7-2)8-3)17-25-27(21)30-28-22(33)16-20(32(9-4)10-5)18-26(28)35-24-13-11-12-23(34-25)29(24)30;1-2/h11-13,15-18,30H,6-10,14H2,1-5H3;1-2H3. The van der Waals surface area contributed by atoms with Crippen LogP contribution >= 0.6 is 0 Å². The molecule has 3 heterocycles. The molecule has 0 aromatic heterocycles. The highest BCUT2D eigenvalue weighted by Gasteiger charge is 2.45. The van der Waals surface area contributed by atoms with Crippen LogP contribution in [-0.4, -0.2) is 32.7 Å². The zero-order valence-corrected chi connectivity index (χ0v) is 23.5. The van der Waals surface area contributed by atoms with Gasteiger partial charge in [-0.1, -0.05) is 26.8 Å². The Hall–Kier alpha value is -3.34. The van der Waals surface area contributed by atoms with Crippen LogP contribution in [0.3, 0.4) is 0 Å². The van der Waals surface area contributed by atoms with Gasteiger partial charge in [0.05, 0.1) is 17.3 Å². The van der Waals surface area contributed by atoms with E-state index in [1.807, 2.05) is 19.9 Å². The number of ether oxygens (including phenoxy) is 2. The minimum atomic E-state index is 0.128. The summed E-state index contributed by atoms with van der Waals surface area (Å²) in [6.07, 6.45) is 1.06. The first kappa shape index (κ1) is 25.3. The molecule has 0 N–H and O–H groups in total. The molecular weight excluding hydrogens is 458 g/mol. The van der Waals surface area contributed by atoms with Gasteiger partial charge in [-0.15, -0.1) is 0 Å². The number of anilines is 4. The van der Waals surface area contributed by atoms with Crippen LogP contribution in [0.25, 0.3) is 0 Å². The molecule has 0 saturated carbocycles. The van der Waals surface area contributed by atoms with Gasteiger partial charge in [-0.3, -0.25) is 0 Å². The van der Waals surface area contributed by atoms with E-state index in [9.17, 15) is 0 Å². The van der Waals surface area contributed by atoms with Gasteiger partial charge in [0.2, 0.25) is 0 Å². The van der Waals surface area contributed by atoms with Gasteiger partial charge in [-0.05, 0) is 58.4 Å². The fourth-order valence-electron chi connectivity index (χ4n) is 6.18. The molecule has 5 heteroatoms. The topological polar surface area (TPSA) is 28.2 Å². The van der Waals surface area contributed by atoms with Crippen LogP contribution in [0.5, 0.6) is 23.0 Å². The van der Waals surface area contributed by atoms with E-state index >= 15 is 0 Å². The molecule has 0 saturated heterocycles. The van der Waals surface area contributed by atoms with E-state index in [-0.39, 0.29) is 5.92 Å². The summed E-state index contributed by atoms with van der Waals surface area (Å²) in [6, 6.07) is 15.5. The Balaban J connectivity index is 0.00000137. The summed E-state index contributed by atoms with van der Waals surface area (Å²) >= 11 is 0. The summed E-state index contributed by atoms with van der Waals surface area (Å²) in [6.45, 7) is 19.9. The lowest BCUT2D eigenvalue weighted by Gasteiger charge is -2.45. The van der Waals surface area contributed by atoms with Gasteiger partial charge < -0.3 is 24.2 Å². The van der Waals surface area contributed by atoms with E-state index in [1.165, 1.54) is 33.9 Å². The molecule has 37 heavy (non-hydrogen) atoms. The van der Waals surface area contributed by atoms with Crippen molar-refractivity contribution in [3.05, 3.63) is 59.2 Å². The van der Waals surface area contributed by atoms with Crippen molar-refractivity contribution in [2.45, 2.75) is 60.8 Å². The summed E-state index contributed by atoms with van der Waals surface area (Å²) in [5.74, 6) is 3.91. The van der Waals surface area contributed by atoms with Crippen molar-refractivity contribution in [1.82, 2.24) is 0 Å². The van der Waals surface area contributed by atoms with E-state index in [2.05, 4.69) is 85.7 Å². The molecule has 3 aromatic rings. The molecule has 3 aliphatic rings. The van der Waals surface area contributed by atoms with Gasteiger partial charge in [0, 0.05) is 72.9 Å². The van der Waals surface area contributed by atoms with Crippen molar-refractivity contribution in [3.8, 4) is 23.0 Å². The lowest BCUT2D eigenvalue weighted by atomic mass is 9.75. The second kappa shape index (κ2) is 10.2. The normalized spacial score (nSPS) is 13.6. The van der Waals surface area contributed by atoms with E-state index in [1.54, 1.807) is 0 Å². The Bertz CT molecular complexity index is 1200. The van der Waals surface area contributed by atoms with E-state index < -0.39 is 0 Å². The first-order valence-corrected chi connectivity index (χ1v) is 14.2. The Morgan fingerprint density at radius 1 is 0.649 bits per heavy atom. The van der Waals surface area contributed by atoms with E-state index in [0.29, 0.717) is 0 Å². The molecule has 0 atom stereocenters. The van der Waals surface area contributed by atoms with Gasteiger partial charge in [-0.25, -0.2) is 0 Å². The predicted molar refractivity (Wildman–Crippen MR) is 156 cm³/mol. The second-order valence-electron chi connectivity index (χ2n) is 9.55. The third kappa shape index (κ3) is 3.82. The minimum Gasteiger partial charge on any atom is -0.456 e. The third-order valence-electron chi connectivity index (χ3n) is 7.83. The van der Waals surface area contributed by atoms with Crippen LogP contribution < -0.4 is 24.2 Å². The summed E-state index contributed by atoms with van der Waals surface area (Å²) in [5, 5.41) is 0. The maximum absolute atomic E-state index is 6.61. The molecule has 196 valence electrons. The quantitative estimate of drug-likeness (QED) is 0.213. The zero-order valence-electron chi connectivity index (χ0n) is 23.5.